The van der Waals surface area contributed by atoms with E-state index < -0.39 is 5.97 Å². The van der Waals surface area contributed by atoms with Crippen LogP contribution in [0.4, 0.5) is 0 Å². The Labute approximate surface area is 123 Å². The number of rotatable bonds is 5. The molecule has 1 aromatic heterocycles. The highest BCUT2D eigenvalue weighted by Gasteiger charge is 2.27. The van der Waals surface area contributed by atoms with E-state index in [4.69, 9.17) is 4.74 Å². The third-order valence-electron chi connectivity index (χ3n) is 3.93. The van der Waals surface area contributed by atoms with Crippen LogP contribution in [0, 0.1) is 0 Å². The average molecular weight is 286 g/mol. The van der Waals surface area contributed by atoms with Crippen LogP contribution in [0.1, 0.15) is 33.7 Å². The molecule has 0 spiro atoms. The van der Waals surface area contributed by atoms with Crippen molar-refractivity contribution in [2.75, 3.05) is 13.7 Å². The van der Waals surface area contributed by atoms with Crippen LogP contribution in [0.3, 0.4) is 0 Å². The zero-order chi connectivity index (χ0) is 14.8. The summed E-state index contributed by atoms with van der Waals surface area (Å²) in [6.45, 7) is 0.631. The molecule has 0 fully saturated rings. The van der Waals surface area contributed by atoms with Crippen molar-refractivity contribution >= 4 is 5.97 Å². The monoisotopic (exact) mass is 286 g/mol. The molecule has 1 aliphatic rings. The molecule has 0 amide bonds. The first-order valence-electron chi connectivity index (χ1n) is 7.13. The van der Waals surface area contributed by atoms with Crippen molar-refractivity contribution in [2.24, 2.45) is 0 Å². The van der Waals surface area contributed by atoms with Crippen molar-refractivity contribution in [2.45, 2.75) is 25.7 Å². The molecule has 1 N–H and O–H groups in total. The first-order valence-corrected chi connectivity index (χ1v) is 7.13. The number of aromatic nitrogens is 2. The molecule has 1 aliphatic carbocycles. The van der Waals surface area contributed by atoms with E-state index in [0.717, 1.165) is 48.2 Å². The third-order valence-corrected chi connectivity index (χ3v) is 3.93. The van der Waals surface area contributed by atoms with E-state index in [1.54, 1.807) is 7.11 Å². The van der Waals surface area contributed by atoms with E-state index in [1.165, 1.54) is 0 Å². The lowest BCUT2D eigenvalue weighted by molar-refractivity contribution is 0.0689. The van der Waals surface area contributed by atoms with Gasteiger partial charge in [-0.2, -0.15) is 5.10 Å². The second-order valence-corrected chi connectivity index (χ2v) is 5.22. The summed E-state index contributed by atoms with van der Waals surface area (Å²) < 4.78 is 6.97. The summed E-state index contributed by atoms with van der Waals surface area (Å²) in [5.74, 6) is -0.943. The Morgan fingerprint density at radius 3 is 2.95 bits per heavy atom. The van der Waals surface area contributed by atoms with Crippen LogP contribution in [-0.2, 0) is 24.0 Å². The highest BCUT2D eigenvalue weighted by atomic mass is 16.5. The molecule has 21 heavy (non-hydrogen) atoms. The zero-order valence-electron chi connectivity index (χ0n) is 12.0. The van der Waals surface area contributed by atoms with Crippen molar-refractivity contribution < 1.29 is 14.6 Å². The van der Waals surface area contributed by atoms with Gasteiger partial charge in [0.15, 0.2) is 5.69 Å². The van der Waals surface area contributed by atoms with Crippen LogP contribution in [0.15, 0.2) is 24.3 Å². The number of ether oxygens (including phenoxy) is 1. The molecule has 0 atom stereocenters. The van der Waals surface area contributed by atoms with Crippen molar-refractivity contribution in [1.29, 1.82) is 0 Å². The third kappa shape index (κ3) is 2.45. The molecule has 0 bridgehead atoms. The summed E-state index contributed by atoms with van der Waals surface area (Å²) in [4.78, 5) is 11.4. The second-order valence-electron chi connectivity index (χ2n) is 5.22. The van der Waals surface area contributed by atoms with Gasteiger partial charge in [-0.3, -0.25) is 0 Å². The maximum Gasteiger partial charge on any atom is 0.356 e. The fourth-order valence-electron chi connectivity index (χ4n) is 2.95. The summed E-state index contributed by atoms with van der Waals surface area (Å²) in [6, 6.07) is 7.96. The number of hydrogen-bond acceptors (Lipinski definition) is 3. The number of nitrogens with zero attached hydrogens (tertiary/aromatic N) is 2. The molecule has 2 aromatic rings. The molecule has 0 saturated heterocycles. The van der Waals surface area contributed by atoms with Gasteiger partial charge in [0, 0.05) is 18.4 Å². The number of para-hydroxylation sites is 1. The lowest BCUT2D eigenvalue weighted by Crippen LogP contribution is -2.08. The lowest BCUT2D eigenvalue weighted by Gasteiger charge is -2.11. The van der Waals surface area contributed by atoms with Gasteiger partial charge in [0.05, 0.1) is 12.3 Å². The Bertz CT molecular complexity index is 676. The Hall–Kier alpha value is -2.14. The fraction of sp³-hybridized carbons (Fsp3) is 0.375. The standard InChI is InChI=1S/C16H18N2O3/c1-21-10-9-11-5-2-3-7-13(11)18-14-8-4-6-12(14)15(17-18)16(19)20/h2-3,5,7H,4,6,8-10H2,1H3,(H,19,20). The summed E-state index contributed by atoms with van der Waals surface area (Å²) in [6.07, 6.45) is 3.46. The summed E-state index contributed by atoms with van der Waals surface area (Å²) >= 11 is 0. The summed E-state index contributed by atoms with van der Waals surface area (Å²) in [5, 5.41) is 13.7. The Morgan fingerprint density at radius 1 is 1.38 bits per heavy atom. The maximum absolute atomic E-state index is 11.4. The van der Waals surface area contributed by atoms with Crippen LogP contribution < -0.4 is 0 Å². The topological polar surface area (TPSA) is 64.4 Å². The smallest absolute Gasteiger partial charge is 0.356 e. The number of carboxylic acid groups (broad SMARTS) is 1. The maximum atomic E-state index is 11.4. The minimum absolute atomic E-state index is 0.198. The number of fused-ring (bicyclic) bond motifs is 1. The van der Waals surface area contributed by atoms with Crippen LogP contribution in [0.5, 0.6) is 0 Å². The second kappa shape index (κ2) is 5.69. The number of carbonyl (C=O) groups is 1. The van der Waals surface area contributed by atoms with Crippen molar-refractivity contribution in [3.8, 4) is 5.69 Å². The van der Waals surface area contributed by atoms with Gasteiger partial charge in [0.2, 0.25) is 0 Å². The van der Waals surface area contributed by atoms with E-state index >= 15 is 0 Å². The molecule has 0 saturated carbocycles. The molecule has 1 heterocycles. The Balaban J connectivity index is 2.09. The van der Waals surface area contributed by atoms with Gasteiger partial charge in [-0.05, 0) is 37.3 Å². The number of carboxylic acids is 1. The summed E-state index contributed by atoms with van der Waals surface area (Å²) in [5.41, 5.74) is 4.21. The van der Waals surface area contributed by atoms with Crippen LogP contribution in [0.25, 0.3) is 5.69 Å². The SMILES string of the molecule is COCCc1ccccc1-n1nc(C(=O)O)c2c1CCC2. The quantitative estimate of drug-likeness (QED) is 0.915. The Kier molecular flexibility index (Phi) is 3.75. The van der Waals surface area contributed by atoms with E-state index in [2.05, 4.69) is 5.10 Å². The van der Waals surface area contributed by atoms with Gasteiger partial charge in [-0.1, -0.05) is 18.2 Å². The zero-order valence-corrected chi connectivity index (χ0v) is 12.0. The molecule has 0 unspecified atom stereocenters. The van der Waals surface area contributed by atoms with Crippen LogP contribution >= 0.6 is 0 Å². The molecule has 0 aliphatic heterocycles. The molecule has 110 valence electrons. The highest BCUT2D eigenvalue weighted by molar-refractivity contribution is 5.87. The van der Waals surface area contributed by atoms with Crippen molar-refractivity contribution in [3.05, 3.63) is 46.8 Å². The predicted molar refractivity (Wildman–Crippen MR) is 78.1 cm³/mol. The van der Waals surface area contributed by atoms with E-state index in [9.17, 15) is 9.90 Å². The fourth-order valence-corrected chi connectivity index (χ4v) is 2.95. The van der Waals surface area contributed by atoms with Gasteiger partial charge < -0.3 is 9.84 Å². The lowest BCUT2D eigenvalue weighted by atomic mass is 10.1. The van der Waals surface area contributed by atoms with Gasteiger partial charge in [-0.25, -0.2) is 9.48 Å². The van der Waals surface area contributed by atoms with Gasteiger partial charge in [0.1, 0.15) is 0 Å². The molecule has 5 heteroatoms. The number of aromatic carboxylic acids is 1. The largest absolute Gasteiger partial charge is 0.476 e. The number of benzene rings is 1. The normalized spacial score (nSPS) is 13.4. The van der Waals surface area contributed by atoms with E-state index in [0.29, 0.717) is 6.61 Å². The molecule has 1 aromatic carbocycles. The minimum atomic E-state index is -0.943. The average Bonchev–Trinajstić information content (AvgIpc) is 3.07. The number of hydrogen-bond donors (Lipinski definition) is 1. The van der Waals surface area contributed by atoms with E-state index in [1.807, 2.05) is 28.9 Å². The first kappa shape index (κ1) is 13.8. The molecule has 0 radical (unpaired) electrons. The van der Waals surface area contributed by atoms with Crippen LogP contribution in [-0.4, -0.2) is 34.6 Å². The first-order chi connectivity index (χ1) is 10.2. The number of methoxy groups -OCH3 is 1. The molecule has 5 nitrogen and oxygen atoms in total. The highest BCUT2D eigenvalue weighted by Crippen LogP contribution is 2.29. The molecular formula is C16H18N2O3. The van der Waals surface area contributed by atoms with Crippen molar-refractivity contribution in [1.82, 2.24) is 9.78 Å². The molecule has 3 rings (SSSR count). The predicted octanol–water partition coefficient (Wildman–Crippen LogP) is 2.25. The summed E-state index contributed by atoms with van der Waals surface area (Å²) in [7, 11) is 1.68. The van der Waals surface area contributed by atoms with Gasteiger partial charge >= 0.3 is 5.97 Å². The van der Waals surface area contributed by atoms with Crippen molar-refractivity contribution in [3.63, 3.8) is 0 Å². The van der Waals surface area contributed by atoms with Gasteiger partial charge in [-0.15, -0.1) is 0 Å². The Morgan fingerprint density at radius 2 is 2.19 bits per heavy atom. The van der Waals surface area contributed by atoms with Crippen LogP contribution in [0.2, 0.25) is 0 Å². The van der Waals surface area contributed by atoms with E-state index in [-0.39, 0.29) is 5.69 Å². The molecular weight excluding hydrogens is 268 g/mol. The minimum Gasteiger partial charge on any atom is -0.476 e. The van der Waals surface area contributed by atoms with Gasteiger partial charge in [0.25, 0.3) is 0 Å².